The fourth-order valence-electron chi connectivity index (χ4n) is 4.36. The molecule has 7 heteroatoms. The van der Waals surface area contributed by atoms with E-state index in [0.717, 1.165) is 11.1 Å². The number of nitrogens with zero attached hydrogens (tertiary/aromatic N) is 1. The summed E-state index contributed by atoms with van der Waals surface area (Å²) >= 11 is 6.19. The lowest BCUT2D eigenvalue weighted by molar-refractivity contribution is -0.197. The minimum atomic E-state index is -1.52. The number of aliphatic hydroxyl groups is 1. The number of methoxy groups -OCH3 is 1. The Morgan fingerprint density at radius 2 is 1.79 bits per heavy atom. The van der Waals surface area contributed by atoms with Crippen molar-refractivity contribution in [1.29, 1.82) is 0 Å². The van der Waals surface area contributed by atoms with Gasteiger partial charge in [0.2, 0.25) is 0 Å². The van der Waals surface area contributed by atoms with Crippen LogP contribution in [0.25, 0.3) is 0 Å². The fourth-order valence-corrected chi connectivity index (χ4v) is 4.54. The number of ether oxygens (including phenoxy) is 1. The molecule has 3 aromatic rings. The lowest BCUT2D eigenvalue weighted by Crippen LogP contribution is -2.33. The number of carbonyl (C=O) groups excluding carboxylic acids is 2. The van der Waals surface area contributed by atoms with Gasteiger partial charge >= 0.3 is 0 Å². The molecule has 6 nitrogen and oxygen atoms in total. The van der Waals surface area contributed by atoms with Crippen molar-refractivity contribution < 1.29 is 19.4 Å². The maximum Gasteiger partial charge on any atom is 0.258 e. The maximum absolute atomic E-state index is 13.6. The van der Waals surface area contributed by atoms with Crippen LogP contribution in [0.5, 0.6) is 0 Å². The maximum atomic E-state index is 13.6. The summed E-state index contributed by atoms with van der Waals surface area (Å²) in [5.74, 6) is -1.92. The van der Waals surface area contributed by atoms with Crippen LogP contribution >= 0.6 is 11.6 Å². The zero-order chi connectivity index (χ0) is 24.5. The van der Waals surface area contributed by atoms with Gasteiger partial charge in [-0.05, 0) is 73.9 Å². The van der Waals surface area contributed by atoms with Crippen molar-refractivity contribution in [3.05, 3.63) is 93.5 Å². The van der Waals surface area contributed by atoms with E-state index in [2.05, 4.69) is 5.32 Å². The number of benzene rings is 3. The third-order valence-electron chi connectivity index (χ3n) is 6.25. The van der Waals surface area contributed by atoms with E-state index in [1.807, 2.05) is 32.0 Å². The van der Waals surface area contributed by atoms with E-state index in [1.54, 1.807) is 47.4 Å². The van der Waals surface area contributed by atoms with Crippen LogP contribution in [0.3, 0.4) is 0 Å². The second-order valence-electron chi connectivity index (χ2n) is 8.51. The van der Waals surface area contributed by atoms with Gasteiger partial charge in [-0.1, -0.05) is 29.8 Å². The number of amides is 2. The van der Waals surface area contributed by atoms with E-state index in [0.29, 0.717) is 52.5 Å². The Morgan fingerprint density at radius 3 is 2.50 bits per heavy atom. The Balaban J connectivity index is 1.63. The third-order valence-corrected chi connectivity index (χ3v) is 6.49. The summed E-state index contributed by atoms with van der Waals surface area (Å²) < 4.78 is 5.41. The van der Waals surface area contributed by atoms with Crippen molar-refractivity contribution in [2.24, 2.45) is 0 Å². The van der Waals surface area contributed by atoms with Gasteiger partial charge in [0.05, 0.1) is 5.69 Å². The quantitative estimate of drug-likeness (QED) is 0.489. The molecule has 1 aliphatic heterocycles. The van der Waals surface area contributed by atoms with Crippen LogP contribution in [-0.4, -0.2) is 30.6 Å². The molecule has 1 heterocycles. The van der Waals surface area contributed by atoms with Crippen LogP contribution < -0.4 is 10.2 Å². The summed E-state index contributed by atoms with van der Waals surface area (Å²) in [5, 5.41) is 14.4. The molecule has 0 bridgehead atoms. The summed E-state index contributed by atoms with van der Waals surface area (Å²) in [4.78, 5) is 27.9. The first-order chi connectivity index (χ1) is 16.2. The largest absolute Gasteiger partial charge is 0.362 e. The molecule has 3 aromatic carbocycles. The van der Waals surface area contributed by atoms with Crippen molar-refractivity contribution in [2.75, 3.05) is 23.9 Å². The van der Waals surface area contributed by atoms with Gasteiger partial charge in [-0.2, -0.15) is 0 Å². The lowest BCUT2D eigenvalue weighted by Gasteiger charge is -2.29. The minimum Gasteiger partial charge on any atom is -0.362 e. The van der Waals surface area contributed by atoms with Gasteiger partial charge in [-0.15, -0.1) is 0 Å². The van der Waals surface area contributed by atoms with Crippen molar-refractivity contribution >= 4 is 34.8 Å². The third kappa shape index (κ3) is 4.57. The van der Waals surface area contributed by atoms with Gasteiger partial charge in [-0.25, -0.2) is 0 Å². The summed E-state index contributed by atoms with van der Waals surface area (Å²) in [5.41, 5.74) is 4.37. The molecule has 2 N–H and O–H groups in total. The summed E-state index contributed by atoms with van der Waals surface area (Å²) in [6, 6.07) is 17.7. The highest BCUT2D eigenvalue weighted by Gasteiger charge is 2.37. The van der Waals surface area contributed by atoms with Crippen LogP contribution in [0.15, 0.2) is 60.7 Å². The van der Waals surface area contributed by atoms with E-state index < -0.39 is 5.79 Å². The fraction of sp³-hybridized carbons (Fsp3) is 0.259. The molecular weight excluding hydrogens is 452 g/mol. The molecule has 1 unspecified atom stereocenters. The molecule has 4 rings (SSSR count). The number of aryl methyl sites for hydroxylation is 2. The summed E-state index contributed by atoms with van der Waals surface area (Å²) in [6.45, 7) is 4.14. The number of nitrogens with one attached hydrogen (secondary N) is 1. The Labute approximate surface area is 204 Å². The van der Waals surface area contributed by atoms with Crippen molar-refractivity contribution in [1.82, 2.24) is 0 Å². The van der Waals surface area contributed by atoms with Crippen LogP contribution in [0.2, 0.25) is 5.02 Å². The average Bonchev–Trinajstić information content (AvgIpc) is 2.96. The molecule has 0 spiro atoms. The Hall–Kier alpha value is -3.19. The van der Waals surface area contributed by atoms with Crippen molar-refractivity contribution in [3.63, 3.8) is 0 Å². The van der Waals surface area contributed by atoms with Gasteiger partial charge in [0.25, 0.3) is 11.8 Å². The highest BCUT2D eigenvalue weighted by Crippen LogP contribution is 2.40. The van der Waals surface area contributed by atoms with Crippen molar-refractivity contribution in [2.45, 2.75) is 32.5 Å². The number of halogens is 1. The summed E-state index contributed by atoms with van der Waals surface area (Å²) in [6.07, 6.45) is 0.884. The smallest absolute Gasteiger partial charge is 0.258 e. The molecule has 0 radical (unpaired) electrons. The molecule has 1 aliphatic rings. The van der Waals surface area contributed by atoms with E-state index in [1.165, 1.54) is 7.11 Å². The van der Waals surface area contributed by atoms with Crippen LogP contribution in [0.1, 0.15) is 50.2 Å². The Morgan fingerprint density at radius 1 is 1.03 bits per heavy atom. The highest BCUT2D eigenvalue weighted by atomic mass is 35.5. The molecule has 2 amide bonds. The second kappa shape index (κ2) is 9.58. The molecule has 0 fully saturated rings. The Kier molecular flexibility index (Phi) is 6.75. The number of fused-ring (bicyclic) bond motifs is 1. The molecule has 1 atom stereocenters. The first-order valence-electron chi connectivity index (χ1n) is 11.1. The van der Waals surface area contributed by atoms with E-state index in [4.69, 9.17) is 16.3 Å². The standard InChI is InChI=1S/C27H27ClN2O4/c1-17-7-4-5-8-21(17)25(31)29-20-10-11-22(18(2)15-20)26(32)30-14-6-13-27(33,34-3)23-16-19(28)9-12-24(23)30/h4-5,7-12,15-16,33H,6,13-14H2,1-3H3,(H,29,31). The monoisotopic (exact) mass is 478 g/mol. The van der Waals surface area contributed by atoms with Gasteiger partial charge in [0, 0.05) is 47.5 Å². The first-order valence-corrected chi connectivity index (χ1v) is 11.5. The molecular formula is C27H27ClN2O4. The van der Waals surface area contributed by atoms with Gasteiger partial charge in [-0.3, -0.25) is 9.59 Å². The molecule has 176 valence electrons. The van der Waals surface area contributed by atoms with Crippen LogP contribution in [-0.2, 0) is 10.5 Å². The zero-order valence-electron chi connectivity index (χ0n) is 19.4. The number of hydrogen-bond donors (Lipinski definition) is 2. The highest BCUT2D eigenvalue weighted by molar-refractivity contribution is 6.30. The number of carbonyl (C=O) groups is 2. The number of rotatable bonds is 4. The van der Waals surface area contributed by atoms with Crippen LogP contribution in [0.4, 0.5) is 11.4 Å². The molecule has 0 aliphatic carbocycles. The molecule has 0 saturated carbocycles. The molecule has 0 saturated heterocycles. The SMILES string of the molecule is COC1(O)CCCN(C(=O)c2ccc(NC(=O)c3ccccc3C)cc2C)c2ccc(Cl)cc21. The predicted octanol–water partition coefficient (Wildman–Crippen LogP) is 5.44. The van der Waals surface area contributed by atoms with E-state index in [9.17, 15) is 14.7 Å². The average molecular weight is 479 g/mol. The van der Waals surface area contributed by atoms with Crippen LogP contribution in [0, 0.1) is 13.8 Å². The van der Waals surface area contributed by atoms with Gasteiger partial charge in [0.15, 0.2) is 5.79 Å². The number of hydrogen-bond acceptors (Lipinski definition) is 4. The predicted molar refractivity (Wildman–Crippen MR) is 134 cm³/mol. The Bertz CT molecular complexity index is 1260. The topological polar surface area (TPSA) is 78.9 Å². The lowest BCUT2D eigenvalue weighted by atomic mass is 10.00. The summed E-state index contributed by atoms with van der Waals surface area (Å²) in [7, 11) is 1.44. The second-order valence-corrected chi connectivity index (χ2v) is 8.95. The van der Waals surface area contributed by atoms with Gasteiger partial charge in [0.1, 0.15) is 0 Å². The zero-order valence-corrected chi connectivity index (χ0v) is 20.1. The normalized spacial score (nSPS) is 17.6. The van der Waals surface area contributed by atoms with Gasteiger partial charge < -0.3 is 20.1 Å². The molecule has 0 aromatic heterocycles. The van der Waals surface area contributed by atoms with E-state index >= 15 is 0 Å². The first kappa shape index (κ1) is 24.0. The minimum absolute atomic E-state index is 0.196. The van der Waals surface area contributed by atoms with Crippen molar-refractivity contribution in [3.8, 4) is 0 Å². The van der Waals surface area contributed by atoms with E-state index in [-0.39, 0.29) is 11.8 Å². The molecule has 34 heavy (non-hydrogen) atoms. The number of anilines is 2.